The minimum atomic E-state index is -4.57. The molecule has 8 nitrogen and oxygen atoms in total. The second-order valence-electron chi connectivity index (χ2n) is 7.61. The predicted octanol–water partition coefficient (Wildman–Crippen LogP) is 1.77. The quantitative estimate of drug-likeness (QED) is 0.713. The lowest BCUT2D eigenvalue weighted by Gasteiger charge is -2.46. The molecule has 0 spiro atoms. The largest absolute Gasteiger partial charge is 0.477 e. The highest BCUT2D eigenvalue weighted by molar-refractivity contribution is 6.30. The van der Waals surface area contributed by atoms with Crippen LogP contribution in [-0.4, -0.2) is 78.3 Å². The lowest BCUT2D eigenvalue weighted by molar-refractivity contribution is -0.140. The number of nitrogens with one attached hydrogen (secondary N) is 1. The minimum Gasteiger partial charge on any atom is -0.477 e. The highest BCUT2D eigenvalue weighted by Gasteiger charge is 2.40. The molecule has 0 unspecified atom stereocenters. The number of halogens is 4. The lowest BCUT2D eigenvalue weighted by Crippen LogP contribution is -2.64. The number of carbonyl (C=O) groups is 2. The van der Waals surface area contributed by atoms with E-state index in [1.54, 1.807) is 9.80 Å². The molecule has 0 aliphatic carbocycles. The van der Waals surface area contributed by atoms with Crippen LogP contribution in [0.3, 0.4) is 0 Å². The van der Waals surface area contributed by atoms with E-state index in [9.17, 15) is 22.8 Å². The monoisotopic (exact) mass is 448 g/mol. The number of fused-ring (bicyclic) bond motifs is 1. The molecule has 3 fully saturated rings. The molecule has 0 radical (unpaired) electrons. The molecule has 4 rings (SSSR count). The first-order chi connectivity index (χ1) is 14.2. The molecule has 3 aliphatic heterocycles. The molecule has 3 amide bonds. The Morgan fingerprint density at radius 1 is 1.30 bits per heavy atom. The fourth-order valence-electron chi connectivity index (χ4n) is 3.82. The molecule has 1 aromatic rings. The van der Waals surface area contributed by atoms with Crippen LogP contribution >= 0.6 is 11.6 Å². The van der Waals surface area contributed by atoms with Gasteiger partial charge in [0.15, 0.2) is 0 Å². The maximum Gasteiger partial charge on any atom is 0.419 e. The first-order valence-electron chi connectivity index (χ1n) is 9.52. The number of rotatable bonds is 3. The molecule has 2 atom stereocenters. The van der Waals surface area contributed by atoms with Crippen molar-refractivity contribution in [3.63, 3.8) is 0 Å². The van der Waals surface area contributed by atoms with Crippen molar-refractivity contribution in [1.29, 1.82) is 0 Å². The van der Waals surface area contributed by atoms with E-state index in [2.05, 4.69) is 10.3 Å². The summed E-state index contributed by atoms with van der Waals surface area (Å²) in [6, 6.07) is 1.65. The van der Waals surface area contributed by atoms with Gasteiger partial charge < -0.3 is 24.6 Å². The molecular formula is C18H20ClF3N4O4. The molecule has 1 aromatic heterocycles. The number of nitrogens with zero attached hydrogens (tertiary/aromatic N) is 3. The first-order valence-corrected chi connectivity index (χ1v) is 9.90. The zero-order valence-corrected chi connectivity index (χ0v) is 16.6. The Morgan fingerprint density at radius 2 is 2.07 bits per heavy atom. The van der Waals surface area contributed by atoms with Gasteiger partial charge in [-0.2, -0.15) is 13.2 Å². The average molecular weight is 449 g/mol. The Morgan fingerprint density at radius 3 is 2.77 bits per heavy atom. The maximum absolute atomic E-state index is 12.7. The number of amides is 3. The predicted molar refractivity (Wildman–Crippen MR) is 98.1 cm³/mol. The number of pyridine rings is 1. The lowest BCUT2D eigenvalue weighted by atomic mass is 9.99. The molecule has 0 saturated carbocycles. The van der Waals surface area contributed by atoms with Crippen LogP contribution in [0.25, 0.3) is 0 Å². The number of likely N-dealkylation sites (tertiary alicyclic amines) is 2. The van der Waals surface area contributed by atoms with E-state index in [1.807, 2.05) is 0 Å². The van der Waals surface area contributed by atoms with Gasteiger partial charge in [0, 0.05) is 38.2 Å². The van der Waals surface area contributed by atoms with Crippen molar-refractivity contribution in [3.05, 3.63) is 22.8 Å². The van der Waals surface area contributed by atoms with Crippen LogP contribution in [0.4, 0.5) is 18.0 Å². The fourth-order valence-corrected chi connectivity index (χ4v) is 4.07. The first kappa shape index (κ1) is 21.0. The summed E-state index contributed by atoms with van der Waals surface area (Å²) >= 11 is 5.58. The summed E-state index contributed by atoms with van der Waals surface area (Å²) in [6.45, 7) is 2.18. The average Bonchev–Trinajstić information content (AvgIpc) is 2.65. The number of hydrogen-bond donors (Lipinski definition) is 1. The van der Waals surface area contributed by atoms with Crippen molar-refractivity contribution < 1.29 is 32.2 Å². The van der Waals surface area contributed by atoms with E-state index < -0.39 is 16.9 Å². The van der Waals surface area contributed by atoms with E-state index in [0.717, 1.165) is 12.1 Å². The van der Waals surface area contributed by atoms with Crippen LogP contribution in [0.15, 0.2) is 12.1 Å². The van der Waals surface area contributed by atoms with Gasteiger partial charge in [-0.05, 0) is 12.5 Å². The maximum atomic E-state index is 12.7. The smallest absolute Gasteiger partial charge is 0.419 e. The molecule has 30 heavy (non-hydrogen) atoms. The number of carbonyl (C=O) groups excluding carboxylic acids is 2. The van der Waals surface area contributed by atoms with Gasteiger partial charge in [0.05, 0.1) is 24.3 Å². The Labute approximate surface area is 175 Å². The Kier molecular flexibility index (Phi) is 5.67. The number of hydrogen-bond acceptors (Lipinski definition) is 5. The molecule has 4 heterocycles. The third kappa shape index (κ3) is 4.41. The van der Waals surface area contributed by atoms with E-state index >= 15 is 0 Å². The van der Waals surface area contributed by atoms with Gasteiger partial charge in [0.1, 0.15) is 11.8 Å². The number of piperidine rings is 1. The number of ether oxygens (including phenoxy) is 2. The van der Waals surface area contributed by atoms with Crippen LogP contribution in [0.1, 0.15) is 12.0 Å². The molecule has 0 bridgehead atoms. The molecule has 12 heteroatoms. The highest BCUT2D eigenvalue weighted by Crippen LogP contribution is 2.34. The van der Waals surface area contributed by atoms with Crippen molar-refractivity contribution >= 4 is 23.5 Å². The van der Waals surface area contributed by atoms with Crippen LogP contribution in [0, 0.1) is 5.92 Å². The van der Waals surface area contributed by atoms with E-state index in [1.165, 1.54) is 0 Å². The summed E-state index contributed by atoms with van der Waals surface area (Å²) in [5.74, 6) is -0.122. The number of aromatic nitrogens is 1. The molecule has 0 aromatic carbocycles. The Hall–Kier alpha value is -2.27. The second kappa shape index (κ2) is 8.10. The summed E-state index contributed by atoms with van der Waals surface area (Å²) in [4.78, 5) is 31.1. The van der Waals surface area contributed by atoms with E-state index in [-0.39, 0.29) is 49.1 Å². The summed E-state index contributed by atoms with van der Waals surface area (Å²) in [6.07, 6.45) is -3.97. The zero-order valence-electron chi connectivity index (χ0n) is 15.8. The summed E-state index contributed by atoms with van der Waals surface area (Å²) in [7, 11) is 0. The van der Waals surface area contributed by atoms with Gasteiger partial charge in [0.2, 0.25) is 11.8 Å². The van der Waals surface area contributed by atoms with Gasteiger partial charge >= 0.3 is 12.2 Å². The van der Waals surface area contributed by atoms with Crippen LogP contribution < -0.4 is 10.1 Å². The number of morpholine rings is 1. The second-order valence-corrected chi connectivity index (χ2v) is 7.97. The van der Waals surface area contributed by atoms with Crippen molar-refractivity contribution in [2.75, 3.05) is 39.4 Å². The van der Waals surface area contributed by atoms with Gasteiger partial charge in [-0.1, -0.05) is 11.6 Å². The third-order valence-electron chi connectivity index (χ3n) is 5.42. The van der Waals surface area contributed by atoms with Crippen LogP contribution in [0.2, 0.25) is 5.15 Å². The molecule has 3 aliphatic rings. The van der Waals surface area contributed by atoms with Crippen LogP contribution in [-0.2, 0) is 15.7 Å². The topological polar surface area (TPSA) is 84.0 Å². The van der Waals surface area contributed by atoms with Crippen molar-refractivity contribution in [2.45, 2.75) is 24.7 Å². The van der Waals surface area contributed by atoms with Crippen molar-refractivity contribution in [2.24, 2.45) is 5.92 Å². The van der Waals surface area contributed by atoms with Gasteiger partial charge in [-0.15, -0.1) is 0 Å². The summed E-state index contributed by atoms with van der Waals surface area (Å²) < 4.78 is 49.0. The van der Waals surface area contributed by atoms with Crippen molar-refractivity contribution in [1.82, 2.24) is 20.1 Å². The Balaban J connectivity index is 1.23. The Bertz CT molecular complexity index is 834. The van der Waals surface area contributed by atoms with E-state index in [4.69, 9.17) is 21.1 Å². The molecule has 3 saturated heterocycles. The third-order valence-corrected chi connectivity index (χ3v) is 5.71. The number of alkyl halides is 3. The van der Waals surface area contributed by atoms with Gasteiger partial charge in [0.25, 0.3) is 0 Å². The van der Waals surface area contributed by atoms with Crippen molar-refractivity contribution in [3.8, 4) is 5.88 Å². The molecule has 164 valence electrons. The van der Waals surface area contributed by atoms with Crippen LogP contribution in [0.5, 0.6) is 5.88 Å². The highest BCUT2D eigenvalue weighted by atomic mass is 35.5. The summed E-state index contributed by atoms with van der Waals surface area (Å²) in [5.41, 5.74) is -1.01. The van der Waals surface area contributed by atoms with Gasteiger partial charge in [-0.25, -0.2) is 9.78 Å². The molecule has 1 N–H and O–H groups in total. The standard InChI is InChI=1S/C18H20ClF3N4O4/c19-16-11(18(20,21)22)1-2-15(24-16)30-8-10-5-26(6-10)17(28)25-4-3-13-12(7-25)23-14(27)9-29-13/h1-2,10,12-13H,3-9H2,(H,23,27)/t12-,13+/m1/s1. The zero-order chi connectivity index (χ0) is 21.5. The van der Waals surface area contributed by atoms with E-state index in [0.29, 0.717) is 32.6 Å². The summed E-state index contributed by atoms with van der Waals surface area (Å²) in [5, 5.41) is 2.20. The normalized spacial score (nSPS) is 24.7. The number of urea groups is 1. The minimum absolute atomic E-state index is 0.00730. The van der Waals surface area contributed by atoms with Gasteiger partial charge in [-0.3, -0.25) is 4.79 Å². The fraction of sp³-hybridized carbons (Fsp3) is 0.611. The molecular weight excluding hydrogens is 429 g/mol. The SMILES string of the molecule is O=C1CO[C@H]2CCN(C(=O)N3CC(COc4ccc(C(F)(F)F)c(Cl)n4)C3)C[C@H]2N1.